The summed E-state index contributed by atoms with van der Waals surface area (Å²) in [5.74, 6) is 1.94. The molecule has 0 spiro atoms. The first-order valence-electron chi connectivity index (χ1n) is 21.1. The molecule has 4 aromatic rings. The molecule has 7 rings (SSSR count). The zero-order chi connectivity index (χ0) is 43.3. The fourth-order valence-corrected chi connectivity index (χ4v) is 7.67. The van der Waals surface area contributed by atoms with Crippen LogP contribution in [0.25, 0.3) is 0 Å². The molecule has 3 aliphatic rings. The number of nitrogens with two attached hydrogens (primary N) is 2. The number of nitrogens with zero attached hydrogens (tertiary/aromatic N) is 7. The summed E-state index contributed by atoms with van der Waals surface area (Å²) in [6.45, 7) is 9.30. The van der Waals surface area contributed by atoms with E-state index < -0.39 is 0 Å². The van der Waals surface area contributed by atoms with E-state index in [1.165, 1.54) is 12.7 Å². The van der Waals surface area contributed by atoms with Gasteiger partial charge in [0.15, 0.2) is 11.6 Å². The molecule has 0 unspecified atom stereocenters. The molecule has 324 valence electrons. The van der Waals surface area contributed by atoms with E-state index in [0.29, 0.717) is 60.4 Å². The van der Waals surface area contributed by atoms with E-state index in [9.17, 15) is 19.2 Å². The molecule has 0 atom stereocenters. The van der Waals surface area contributed by atoms with Crippen LogP contribution >= 0.6 is 0 Å². The lowest BCUT2D eigenvalue weighted by atomic mass is 9.96. The van der Waals surface area contributed by atoms with Gasteiger partial charge in [0.2, 0.25) is 0 Å². The first-order valence-corrected chi connectivity index (χ1v) is 21.1. The average molecular weight is 836 g/mol. The third-order valence-corrected chi connectivity index (χ3v) is 10.9. The van der Waals surface area contributed by atoms with E-state index in [-0.39, 0.29) is 67.2 Å². The van der Waals surface area contributed by atoms with Crippen molar-refractivity contribution in [3.8, 4) is 12.0 Å². The molecule has 0 saturated carbocycles. The summed E-state index contributed by atoms with van der Waals surface area (Å²) in [5, 5.41) is 0. The van der Waals surface area contributed by atoms with Gasteiger partial charge in [0.1, 0.15) is 29.6 Å². The molecule has 0 radical (unpaired) electrons. The van der Waals surface area contributed by atoms with Crippen molar-refractivity contribution in [1.82, 2.24) is 24.8 Å². The summed E-state index contributed by atoms with van der Waals surface area (Å²) in [5.41, 5.74) is 17.4. The predicted molar refractivity (Wildman–Crippen MR) is 232 cm³/mol. The maximum absolute atomic E-state index is 12.5. The van der Waals surface area contributed by atoms with Gasteiger partial charge in [0, 0.05) is 49.2 Å². The van der Waals surface area contributed by atoms with E-state index in [4.69, 9.17) is 25.7 Å². The van der Waals surface area contributed by atoms with Gasteiger partial charge in [-0.25, -0.2) is 0 Å². The lowest BCUT2D eigenvalue weighted by Crippen LogP contribution is -2.37. The van der Waals surface area contributed by atoms with Crippen molar-refractivity contribution in [2.24, 2.45) is 5.92 Å². The van der Waals surface area contributed by atoms with E-state index in [1.54, 1.807) is 12.1 Å². The van der Waals surface area contributed by atoms with Crippen molar-refractivity contribution in [3.63, 3.8) is 0 Å². The van der Waals surface area contributed by atoms with Gasteiger partial charge in [-0.2, -0.15) is 19.9 Å². The standard InChI is InChI=1S/C26H35N5O4.C19H22N4O3/c1-3-4-12-35-26-28-23(27)22-14-21(32)17-31(24(22)29-26)16-19-7-5-6-18(13-19)15-30-10-8-20(9-11-30)25(33)34-2;1-2-3-7-26-19-21-17(20)16-9-15(25)11-23(18(16)22-19)10-13-5-4-6-14(8-13)12-24/h5-7,13,20H,3-4,8-12,14-17H2,1-2H3,(H2,27,28,29);4-6,8,12H,2-3,7,9-11H2,1H3,(H2,20,21,22). The van der Waals surface area contributed by atoms with Crippen LogP contribution in [0.15, 0.2) is 48.5 Å². The lowest BCUT2D eigenvalue weighted by Gasteiger charge is -2.31. The van der Waals surface area contributed by atoms with Crippen LogP contribution in [-0.2, 0) is 51.6 Å². The Morgan fingerprint density at radius 1 is 0.738 bits per heavy atom. The van der Waals surface area contributed by atoms with Crippen molar-refractivity contribution in [2.45, 2.75) is 84.8 Å². The number of ketones is 2. The Hall–Kier alpha value is -6.16. The molecule has 61 heavy (non-hydrogen) atoms. The highest BCUT2D eigenvalue weighted by Crippen LogP contribution is 2.32. The highest BCUT2D eigenvalue weighted by atomic mass is 16.5. The second-order valence-electron chi connectivity index (χ2n) is 15.7. The fourth-order valence-electron chi connectivity index (χ4n) is 7.67. The molecular weight excluding hydrogens is 779 g/mol. The number of piperidine rings is 1. The molecule has 0 amide bonds. The number of rotatable bonds is 16. The molecule has 2 aromatic heterocycles. The number of hydrogen-bond acceptors (Lipinski definition) is 16. The Kier molecular flexibility index (Phi) is 15.6. The molecule has 3 aliphatic heterocycles. The van der Waals surface area contributed by atoms with E-state index in [2.05, 4.69) is 56.9 Å². The molecule has 1 saturated heterocycles. The van der Waals surface area contributed by atoms with Gasteiger partial charge in [-0.3, -0.25) is 24.1 Å². The van der Waals surface area contributed by atoms with Crippen LogP contribution in [0.5, 0.6) is 12.0 Å². The summed E-state index contributed by atoms with van der Waals surface area (Å²) >= 11 is 0. The Balaban J connectivity index is 0.000000213. The lowest BCUT2D eigenvalue weighted by molar-refractivity contribution is -0.147. The SMILES string of the molecule is CCCCOc1nc(N)c2c(n1)N(Cc1cccc(C=O)c1)CC(=O)C2.CCCCOc1nc(N)c2c(n1)N(Cc1cccc(CN3CCC(C(=O)OC)CC3)c1)CC(=O)C2. The van der Waals surface area contributed by atoms with Gasteiger partial charge in [-0.15, -0.1) is 0 Å². The summed E-state index contributed by atoms with van der Waals surface area (Å²) in [6, 6.07) is 16.2. The van der Waals surface area contributed by atoms with Crippen molar-refractivity contribution < 1.29 is 33.4 Å². The van der Waals surface area contributed by atoms with Gasteiger partial charge in [0.05, 0.1) is 39.3 Å². The number of likely N-dealkylation sites (tertiary alicyclic amines) is 1. The number of methoxy groups -OCH3 is 1. The van der Waals surface area contributed by atoms with Crippen molar-refractivity contribution >= 4 is 47.1 Å². The molecule has 5 heterocycles. The number of carbonyl (C=O) groups is 4. The summed E-state index contributed by atoms with van der Waals surface area (Å²) < 4.78 is 16.2. The summed E-state index contributed by atoms with van der Waals surface area (Å²) in [4.78, 5) is 71.2. The quantitative estimate of drug-likeness (QED) is 0.0870. The smallest absolute Gasteiger partial charge is 0.320 e. The number of hydrogen-bond donors (Lipinski definition) is 2. The van der Waals surface area contributed by atoms with Crippen LogP contribution in [0.3, 0.4) is 0 Å². The Labute approximate surface area is 357 Å². The number of Topliss-reactive ketones (excluding diaryl/α,β-unsaturated/α-hetero) is 2. The number of esters is 1. The Morgan fingerprint density at radius 2 is 1.23 bits per heavy atom. The van der Waals surface area contributed by atoms with Gasteiger partial charge < -0.3 is 35.5 Å². The molecule has 16 nitrogen and oxygen atoms in total. The maximum atomic E-state index is 12.5. The molecule has 0 aliphatic carbocycles. The minimum Gasteiger partial charge on any atom is -0.469 e. The highest BCUT2D eigenvalue weighted by molar-refractivity contribution is 5.92. The van der Waals surface area contributed by atoms with Gasteiger partial charge in [-0.1, -0.05) is 69.2 Å². The third kappa shape index (κ3) is 12.0. The largest absolute Gasteiger partial charge is 0.469 e. The average Bonchev–Trinajstić information content (AvgIpc) is 3.25. The van der Waals surface area contributed by atoms with Crippen LogP contribution in [0, 0.1) is 5.92 Å². The third-order valence-electron chi connectivity index (χ3n) is 10.9. The van der Waals surface area contributed by atoms with Crippen LogP contribution in [0.4, 0.5) is 23.3 Å². The second-order valence-corrected chi connectivity index (χ2v) is 15.7. The molecule has 2 aromatic carbocycles. The second kappa shape index (κ2) is 21.4. The first-order chi connectivity index (χ1) is 29.6. The Bertz CT molecular complexity index is 2180. The molecule has 4 N–H and O–H groups in total. The number of anilines is 4. The van der Waals surface area contributed by atoms with Crippen molar-refractivity contribution in [3.05, 3.63) is 81.9 Å². The monoisotopic (exact) mass is 835 g/mol. The first kappa shape index (κ1) is 44.4. The van der Waals surface area contributed by atoms with Crippen molar-refractivity contribution in [2.75, 3.05) is 67.8 Å². The number of unbranched alkanes of at least 4 members (excludes halogenated alkanes) is 2. The highest BCUT2D eigenvalue weighted by Gasteiger charge is 2.30. The minimum atomic E-state index is -0.105. The maximum Gasteiger partial charge on any atom is 0.320 e. The summed E-state index contributed by atoms with van der Waals surface area (Å²) in [6.07, 6.45) is 6.76. The number of carbonyl (C=O) groups excluding carboxylic acids is 4. The van der Waals surface area contributed by atoms with Crippen LogP contribution < -0.4 is 30.7 Å². The number of aromatic nitrogens is 4. The van der Waals surface area contributed by atoms with E-state index in [0.717, 1.165) is 75.6 Å². The Morgan fingerprint density at radius 3 is 1.72 bits per heavy atom. The fraction of sp³-hybridized carbons (Fsp3) is 0.467. The van der Waals surface area contributed by atoms with Crippen molar-refractivity contribution in [1.29, 1.82) is 0 Å². The van der Waals surface area contributed by atoms with Gasteiger partial charge in [-0.05, 0) is 61.5 Å². The van der Waals surface area contributed by atoms with Gasteiger partial charge >= 0.3 is 18.0 Å². The predicted octanol–water partition coefficient (Wildman–Crippen LogP) is 4.94. The zero-order valence-corrected chi connectivity index (χ0v) is 35.4. The summed E-state index contributed by atoms with van der Waals surface area (Å²) in [7, 11) is 1.45. The van der Waals surface area contributed by atoms with Crippen LogP contribution in [-0.4, -0.2) is 95.2 Å². The number of benzene rings is 2. The normalized spacial score (nSPS) is 15.3. The zero-order valence-electron chi connectivity index (χ0n) is 35.4. The molecule has 16 heteroatoms. The number of aldehydes is 1. The molecule has 0 bridgehead atoms. The van der Waals surface area contributed by atoms with Gasteiger partial charge in [0.25, 0.3) is 0 Å². The van der Waals surface area contributed by atoms with Crippen LogP contribution in [0.2, 0.25) is 0 Å². The minimum absolute atomic E-state index is 0.00422. The molecule has 1 fully saturated rings. The van der Waals surface area contributed by atoms with E-state index >= 15 is 0 Å². The number of ether oxygens (including phenoxy) is 3. The van der Waals surface area contributed by atoms with E-state index in [1.807, 2.05) is 28.0 Å². The molecular formula is C45H57N9O7. The number of fused-ring (bicyclic) bond motifs is 2. The number of nitrogen functional groups attached to an aromatic ring is 2. The van der Waals surface area contributed by atoms with Crippen LogP contribution in [0.1, 0.15) is 90.5 Å². The topological polar surface area (TPSA) is 209 Å².